The molecule has 3 heterocycles. The first-order valence-corrected chi connectivity index (χ1v) is 12.9. The van der Waals surface area contributed by atoms with Gasteiger partial charge in [0.15, 0.2) is 5.78 Å². The van der Waals surface area contributed by atoms with Crippen molar-refractivity contribution in [3.63, 3.8) is 0 Å². The molecule has 0 aliphatic heterocycles. The van der Waals surface area contributed by atoms with E-state index in [1.807, 2.05) is 64.1 Å². The van der Waals surface area contributed by atoms with Crippen LogP contribution in [-0.2, 0) is 22.4 Å². The summed E-state index contributed by atoms with van der Waals surface area (Å²) in [6.45, 7) is 8.92. The zero-order valence-corrected chi connectivity index (χ0v) is 21.9. The molecule has 0 saturated carbocycles. The Kier molecular flexibility index (Phi) is 7.86. The predicted molar refractivity (Wildman–Crippen MR) is 145 cm³/mol. The summed E-state index contributed by atoms with van der Waals surface area (Å²) in [5.74, 6) is 0.0642. The fraction of sp³-hybridized carbons (Fsp3) is 0.321. The number of rotatable bonds is 9. The monoisotopic (exact) mass is 501 g/mol. The second kappa shape index (κ2) is 11.1. The third kappa shape index (κ3) is 6.59. The zero-order valence-electron chi connectivity index (χ0n) is 21.1. The highest BCUT2D eigenvalue weighted by atomic mass is 32.1. The summed E-state index contributed by atoms with van der Waals surface area (Å²) in [6.07, 6.45) is 4.10. The molecule has 1 aromatic carbocycles. The summed E-state index contributed by atoms with van der Waals surface area (Å²) in [5.41, 5.74) is 5.16. The standard InChI is InChI=1S/C28H31N5O2S/c1-5-29-25(35)15-26-33-24-13-19(12-22(27(24)36-26)23-8-6-7-11-30-23)18-9-10-20(31-16-18)14-21(34)17-32-28(2,3)4/h6-13,16,32H,5,14-15,17H2,1-4H3,(H,29,35). The van der Waals surface area contributed by atoms with Crippen molar-refractivity contribution in [1.82, 2.24) is 25.6 Å². The van der Waals surface area contributed by atoms with Gasteiger partial charge in [0.2, 0.25) is 5.91 Å². The van der Waals surface area contributed by atoms with Crippen LogP contribution in [0.3, 0.4) is 0 Å². The van der Waals surface area contributed by atoms with E-state index in [1.165, 1.54) is 11.3 Å². The number of benzene rings is 1. The van der Waals surface area contributed by atoms with Crippen LogP contribution in [0.25, 0.3) is 32.6 Å². The number of carbonyl (C=O) groups excluding carboxylic acids is 2. The number of hydrogen-bond donors (Lipinski definition) is 2. The first-order chi connectivity index (χ1) is 17.2. The van der Waals surface area contributed by atoms with Crippen molar-refractivity contribution in [1.29, 1.82) is 0 Å². The van der Waals surface area contributed by atoms with Crippen LogP contribution >= 0.6 is 11.3 Å². The van der Waals surface area contributed by atoms with Gasteiger partial charge in [-0.3, -0.25) is 19.6 Å². The third-order valence-corrected chi connectivity index (χ3v) is 6.62. The molecule has 0 aliphatic rings. The number of ketones is 1. The lowest BCUT2D eigenvalue weighted by Crippen LogP contribution is -2.39. The number of hydrogen-bond acceptors (Lipinski definition) is 7. The van der Waals surface area contributed by atoms with Crippen LogP contribution in [0.15, 0.2) is 54.9 Å². The summed E-state index contributed by atoms with van der Waals surface area (Å²) >= 11 is 1.52. The number of pyridine rings is 2. The second-order valence-corrected chi connectivity index (χ2v) is 10.8. The molecule has 0 radical (unpaired) electrons. The molecule has 186 valence electrons. The zero-order chi connectivity index (χ0) is 25.7. The van der Waals surface area contributed by atoms with E-state index in [-0.39, 0.29) is 30.1 Å². The number of carbonyl (C=O) groups is 2. The number of amides is 1. The predicted octanol–water partition coefficient (Wildman–Crippen LogP) is 4.60. The summed E-state index contributed by atoms with van der Waals surface area (Å²) < 4.78 is 0.998. The fourth-order valence-electron chi connectivity index (χ4n) is 3.76. The van der Waals surface area contributed by atoms with E-state index in [1.54, 1.807) is 12.4 Å². The average molecular weight is 502 g/mol. The second-order valence-electron chi connectivity index (χ2n) is 9.68. The number of aromatic nitrogens is 3. The normalized spacial score (nSPS) is 11.6. The van der Waals surface area contributed by atoms with Gasteiger partial charge in [0, 0.05) is 41.3 Å². The first kappa shape index (κ1) is 25.6. The third-order valence-electron chi connectivity index (χ3n) is 5.51. The highest BCUT2D eigenvalue weighted by Crippen LogP contribution is 2.36. The molecule has 3 aromatic heterocycles. The molecule has 0 atom stereocenters. The minimum Gasteiger partial charge on any atom is -0.356 e. The molecular formula is C28H31N5O2S. The van der Waals surface area contributed by atoms with Crippen molar-refractivity contribution >= 4 is 33.2 Å². The Balaban J connectivity index is 1.63. The van der Waals surface area contributed by atoms with Crippen molar-refractivity contribution in [2.24, 2.45) is 0 Å². The van der Waals surface area contributed by atoms with Gasteiger partial charge >= 0.3 is 0 Å². The van der Waals surface area contributed by atoms with E-state index >= 15 is 0 Å². The molecule has 0 bridgehead atoms. The maximum atomic E-state index is 12.3. The molecule has 4 rings (SSSR count). The van der Waals surface area contributed by atoms with Crippen LogP contribution in [0, 0.1) is 0 Å². The molecule has 4 aromatic rings. The van der Waals surface area contributed by atoms with E-state index < -0.39 is 0 Å². The molecule has 1 amide bonds. The number of nitrogens with one attached hydrogen (secondary N) is 2. The van der Waals surface area contributed by atoms with Crippen LogP contribution < -0.4 is 10.6 Å². The van der Waals surface area contributed by atoms with Gasteiger partial charge < -0.3 is 10.6 Å². The van der Waals surface area contributed by atoms with Crippen LogP contribution in [0.2, 0.25) is 0 Å². The first-order valence-electron chi connectivity index (χ1n) is 12.1. The SMILES string of the molecule is CCNC(=O)Cc1nc2cc(-c3ccc(CC(=O)CNC(C)(C)C)nc3)cc(-c3ccccn3)c2s1. The van der Waals surface area contributed by atoms with E-state index in [9.17, 15) is 9.59 Å². The van der Waals surface area contributed by atoms with Crippen molar-refractivity contribution in [3.8, 4) is 22.4 Å². The number of nitrogens with zero attached hydrogens (tertiary/aromatic N) is 3. The Morgan fingerprint density at radius 2 is 1.83 bits per heavy atom. The van der Waals surface area contributed by atoms with Crippen molar-refractivity contribution in [2.75, 3.05) is 13.1 Å². The van der Waals surface area contributed by atoms with Crippen molar-refractivity contribution < 1.29 is 9.59 Å². The van der Waals surface area contributed by atoms with Gasteiger partial charge in [-0.15, -0.1) is 11.3 Å². The molecule has 2 N–H and O–H groups in total. The lowest BCUT2D eigenvalue weighted by Gasteiger charge is -2.19. The Morgan fingerprint density at radius 1 is 1.00 bits per heavy atom. The number of likely N-dealkylation sites (N-methyl/N-ethyl adjacent to an activating group) is 1. The molecule has 0 fully saturated rings. The molecule has 7 nitrogen and oxygen atoms in total. The van der Waals surface area contributed by atoms with Crippen LogP contribution in [0.5, 0.6) is 0 Å². The molecule has 36 heavy (non-hydrogen) atoms. The van der Waals surface area contributed by atoms with Crippen LogP contribution in [0.1, 0.15) is 38.4 Å². The van der Waals surface area contributed by atoms with Gasteiger partial charge in [0.25, 0.3) is 0 Å². The lowest BCUT2D eigenvalue weighted by atomic mass is 10.0. The van der Waals surface area contributed by atoms with Crippen molar-refractivity contribution in [2.45, 2.75) is 46.1 Å². The topological polar surface area (TPSA) is 96.9 Å². The number of Topliss-reactive ketones (excluding diaryl/α,β-unsaturated/α-hetero) is 1. The Bertz CT molecular complexity index is 1360. The molecule has 8 heteroatoms. The lowest BCUT2D eigenvalue weighted by molar-refractivity contribution is -0.120. The van der Waals surface area contributed by atoms with E-state index in [4.69, 9.17) is 4.98 Å². The summed E-state index contributed by atoms with van der Waals surface area (Å²) in [7, 11) is 0. The van der Waals surface area contributed by atoms with E-state index in [0.29, 0.717) is 13.1 Å². The number of fused-ring (bicyclic) bond motifs is 1. The highest BCUT2D eigenvalue weighted by molar-refractivity contribution is 7.19. The molecule has 0 aliphatic carbocycles. The van der Waals surface area contributed by atoms with Gasteiger partial charge in [0.05, 0.1) is 35.3 Å². The van der Waals surface area contributed by atoms with Gasteiger partial charge in [-0.1, -0.05) is 12.1 Å². The highest BCUT2D eigenvalue weighted by Gasteiger charge is 2.16. The van der Waals surface area contributed by atoms with E-state index in [0.717, 1.165) is 43.3 Å². The Hall–Kier alpha value is -3.49. The quantitative estimate of drug-likeness (QED) is 0.348. The van der Waals surface area contributed by atoms with E-state index in [2.05, 4.69) is 26.7 Å². The molecule has 0 unspecified atom stereocenters. The van der Waals surface area contributed by atoms with Gasteiger partial charge in [-0.25, -0.2) is 4.98 Å². The van der Waals surface area contributed by atoms with Gasteiger partial charge in [-0.2, -0.15) is 0 Å². The molecule has 0 spiro atoms. The van der Waals surface area contributed by atoms with Gasteiger partial charge in [-0.05, 0) is 63.6 Å². The minimum absolute atomic E-state index is 0.0387. The Morgan fingerprint density at radius 3 is 2.50 bits per heavy atom. The summed E-state index contributed by atoms with van der Waals surface area (Å²) in [4.78, 5) is 38.3. The van der Waals surface area contributed by atoms with Crippen LogP contribution in [-0.4, -0.2) is 45.3 Å². The summed E-state index contributed by atoms with van der Waals surface area (Å²) in [5, 5.41) is 6.82. The van der Waals surface area contributed by atoms with Crippen LogP contribution in [0.4, 0.5) is 0 Å². The number of thiazole rings is 1. The van der Waals surface area contributed by atoms with Gasteiger partial charge in [0.1, 0.15) is 5.01 Å². The maximum Gasteiger partial charge on any atom is 0.226 e. The van der Waals surface area contributed by atoms with Crippen molar-refractivity contribution in [3.05, 3.63) is 65.6 Å². The molecule has 0 saturated heterocycles. The average Bonchev–Trinajstić information content (AvgIpc) is 3.25. The summed E-state index contributed by atoms with van der Waals surface area (Å²) in [6, 6.07) is 13.8. The smallest absolute Gasteiger partial charge is 0.226 e. The minimum atomic E-state index is -0.105. The fourth-order valence-corrected chi connectivity index (χ4v) is 4.82. The molecular weight excluding hydrogens is 470 g/mol. The maximum absolute atomic E-state index is 12.3. The Labute approximate surface area is 215 Å². The largest absolute Gasteiger partial charge is 0.356 e.